The van der Waals surface area contributed by atoms with E-state index in [2.05, 4.69) is 25.2 Å². The number of alkyl halides is 3. The summed E-state index contributed by atoms with van der Waals surface area (Å²) in [4.78, 5) is 56.0. The van der Waals surface area contributed by atoms with Gasteiger partial charge >= 0.3 is 22.5 Å². The number of carboxylic acid groups (broad SMARTS) is 2. The average Bonchev–Trinajstić information content (AvgIpc) is 3.63. The highest BCUT2D eigenvalue weighted by atomic mass is 32.3. The first kappa shape index (κ1) is 43.2. The Bertz CT molecular complexity index is 2000. The van der Waals surface area contributed by atoms with Gasteiger partial charge in [0.2, 0.25) is 5.69 Å². The lowest BCUT2D eigenvalue weighted by Crippen LogP contribution is -2.68. The number of carbonyl (C=O) groups is 4. The summed E-state index contributed by atoms with van der Waals surface area (Å²) in [6, 6.07) is 9.09. The Morgan fingerprint density at radius 1 is 1.22 bits per heavy atom. The van der Waals surface area contributed by atoms with E-state index in [1.807, 2.05) is 30.8 Å². The highest BCUT2D eigenvalue weighted by molar-refractivity contribution is 7.80. The summed E-state index contributed by atoms with van der Waals surface area (Å²) < 4.78 is 76.9. The number of aromatic nitrogens is 3. The predicted molar refractivity (Wildman–Crippen MR) is 178 cm³/mol. The maximum absolute atomic E-state index is 13.3. The zero-order chi connectivity index (χ0) is 40.8. The number of carboxylic acids is 2. The number of nitrogens with zero attached hydrogens (tertiary/aromatic N) is 5. The van der Waals surface area contributed by atoms with Gasteiger partial charge in [0.25, 0.3) is 12.0 Å². The number of hydrogen-bond acceptors (Lipinski definition) is 15. The van der Waals surface area contributed by atoms with Crippen molar-refractivity contribution in [2.75, 3.05) is 18.9 Å². The number of aliphatic carboxylic acids is 2. The monoisotopic (exact) mass is 807 g/mol. The molecule has 0 bridgehead atoms. The minimum absolute atomic E-state index is 0.0194. The molecule has 3 aromatic rings. The van der Waals surface area contributed by atoms with Crippen molar-refractivity contribution in [2.45, 2.75) is 58.0 Å². The van der Waals surface area contributed by atoms with Crippen molar-refractivity contribution in [3.63, 3.8) is 0 Å². The molecule has 0 saturated carbocycles. The zero-order valence-electron chi connectivity index (χ0n) is 29.0. The number of β-lactam (4-membered cyclic amide) rings is 1. The molecule has 296 valence electrons. The molecule has 1 saturated heterocycles. The van der Waals surface area contributed by atoms with Crippen LogP contribution in [0.15, 0.2) is 40.9 Å². The number of thiazole rings is 1. The molecule has 1 aromatic carbocycles. The summed E-state index contributed by atoms with van der Waals surface area (Å²) in [5.74, 6) is -6.79. The number of rotatable bonds is 16. The summed E-state index contributed by atoms with van der Waals surface area (Å²) in [5.41, 5.74) is 12.6. The van der Waals surface area contributed by atoms with Crippen LogP contribution in [0.5, 0.6) is 5.75 Å². The molecule has 1 aliphatic rings. The predicted octanol–water partition coefficient (Wildman–Crippen LogP) is 0.158. The number of Topliss-reactive ketones (excluding diaryl/α,β-unsaturated/α-hetero) is 1. The number of nitrogens with two attached hydrogens (primary N) is 2. The van der Waals surface area contributed by atoms with Crippen molar-refractivity contribution in [1.29, 1.82) is 0 Å². The number of amides is 1. The summed E-state index contributed by atoms with van der Waals surface area (Å²) in [7, 11) is -3.03. The smallest absolute Gasteiger partial charge is 0.430 e. The number of hydrogen-bond donors (Lipinski definition) is 4. The second kappa shape index (κ2) is 17.3. The van der Waals surface area contributed by atoms with Crippen LogP contribution in [0, 0.1) is 12.8 Å². The van der Waals surface area contributed by atoms with Crippen LogP contribution in [-0.4, -0.2) is 93.1 Å². The standard InChI is InChI=1S/C28H35N7O10S2.C2HF3O2/c1-16-12-21(33(4)34(16)11-5-10-29)17-6-8-18(9-7-17)43-14-23(26(38)39)44-32-24(20-15-46-27(30)31-20)22(36)13-19-25(37)35(28(19,2)3)45-47(40,41)42;3-2(4,5)1(6)7/h6-9,12,15,19,23H,5,10-11,13-14,29H2,1-4H3,(H3-,30,31,38,39,40,41,42);(H,6,7)/b32-24-;/t19-,23+;/m1./s1. The molecule has 0 aliphatic carbocycles. The molecular weight excluding hydrogens is 771 g/mol. The second-order valence-electron chi connectivity index (χ2n) is 12.0. The number of halogens is 3. The Kier molecular flexibility index (Phi) is 13.9. The van der Waals surface area contributed by atoms with Crippen molar-refractivity contribution < 1.29 is 74.1 Å². The Hall–Kier alpha value is -5.17. The molecule has 19 nitrogen and oxygen atoms in total. The van der Waals surface area contributed by atoms with Gasteiger partial charge < -0.3 is 36.0 Å². The van der Waals surface area contributed by atoms with E-state index in [0.29, 0.717) is 17.4 Å². The Labute approximate surface area is 309 Å². The third-order valence-electron chi connectivity index (χ3n) is 7.83. The van der Waals surface area contributed by atoms with E-state index in [1.165, 1.54) is 19.2 Å². The molecule has 4 rings (SSSR count). The maximum atomic E-state index is 13.3. The Balaban J connectivity index is 0.00000102. The fourth-order valence-electron chi connectivity index (χ4n) is 5.01. The number of aryl methyl sites for hydroxylation is 1. The fourth-order valence-corrected chi connectivity index (χ4v) is 6.01. The topological polar surface area (TPSA) is 283 Å². The first-order valence-corrected chi connectivity index (χ1v) is 17.7. The van der Waals surface area contributed by atoms with Crippen molar-refractivity contribution in [2.24, 2.45) is 23.9 Å². The van der Waals surface area contributed by atoms with Crippen LogP contribution in [0.3, 0.4) is 0 Å². The number of nitrogen functional groups attached to an aromatic ring is 1. The van der Waals surface area contributed by atoms with Gasteiger partial charge in [0.05, 0.1) is 23.7 Å². The summed E-state index contributed by atoms with van der Waals surface area (Å²) >= 11 is 0.989. The zero-order valence-corrected chi connectivity index (χ0v) is 30.6. The lowest BCUT2D eigenvalue weighted by atomic mass is 9.74. The summed E-state index contributed by atoms with van der Waals surface area (Å²) in [5, 5.41) is 24.3. The van der Waals surface area contributed by atoms with Gasteiger partial charge in [-0.15, -0.1) is 20.3 Å². The molecule has 3 heterocycles. The number of ketones is 1. The average molecular weight is 808 g/mol. The number of hydroxylamine groups is 2. The van der Waals surface area contributed by atoms with Gasteiger partial charge in [-0.25, -0.2) is 9.78 Å². The van der Waals surface area contributed by atoms with E-state index in [4.69, 9.17) is 35.5 Å². The van der Waals surface area contributed by atoms with Crippen molar-refractivity contribution in [3.05, 3.63) is 47.1 Å². The Morgan fingerprint density at radius 3 is 2.31 bits per heavy atom. The molecule has 0 unspecified atom stereocenters. The molecular formula is C30H36F3N7O12S2. The molecule has 24 heteroatoms. The minimum Gasteiger partial charge on any atom is -0.542 e. The number of anilines is 1. The quantitative estimate of drug-likeness (QED) is 0.0493. The van der Waals surface area contributed by atoms with Crippen LogP contribution in [0.4, 0.5) is 18.3 Å². The van der Waals surface area contributed by atoms with E-state index in [1.54, 1.807) is 12.1 Å². The molecule has 1 amide bonds. The highest BCUT2D eigenvalue weighted by Gasteiger charge is 2.57. The first-order chi connectivity index (χ1) is 25.0. The van der Waals surface area contributed by atoms with Gasteiger partial charge in [-0.3, -0.25) is 14.1 Å². The molecule has 2 aromatic heterocycles. The molecule has 0 spiro atoms. The molecule has 54 heavy (non-hydrogen) atoms. The molecule has 1 aliphatic heterocycles. The van der Waals surface area contributed by atoms with Gasteiger partial charge in [0, 0.05) is 23.4 Å². The Morgan fingerprint density at radius 2 is 1.83 bits per heavy atom. The number of oxime groups is 1. The van der Waals surface area contributed by atoms with Crippen LogP contribution in [0.1, 0.15) is 38.1 Å². The van der Waals surface area contributed by atoms with E-state index in [0.717, 1.165) is 41.3 Å². The third-order valence-corrected chi connectivity index (χ3v) is 8.84. The van der Waals surface area contributed by atoms with Crippen molar-refractivity contribution >= 4 is 56.2 Å². The van der Waals surface area contributed by atoms with Gasteiger partial charge in [-0.05, 0) is 58.0 Å². The third kappa shape index (κ3) is 10.9. The second-order valence-corrected chi connectivity index (χ2v) is 13.9. The largest absolute Gasteiger partial charge is 0.542 e. The van der Waals surface area contributed by atoms with Gasteiger partial charge in [0.1, 0.15) is 24.0 Å². The van der Waals surface area contributed by atoms with Crippen LogP contribution < -0.4 is 26.0 Å². The van der Waals surface area contributed by atoms with Gasteiger partial charge in [0.15, 0.2) is 23.7 Å². The highest BCUT2D eigenvalue weighted by Crippen LogP contribution is 2.40. The molecule has 6 N–H and O–H groups in total. The first-order valence-electron chi connectivity index (χ1n) is 15.5. The van der Waals surface area contributed by atoms with E-state index >= 15 is 0 Å². The lowest BCUT2D eigenvalue weighted by Gasteiger charge is -2.50. The van der Waals surface area contributed by atoms with Gasteiger partial charge in [-0.1, -0.05) is 5.16 Å². The van der Waals surface area contributed by atoms with Gasteiger partial charge in [-0.2, -0.15) is 31.3 Å². The molecule has 1 fully saturated rings. The summed E-state index contributed by atoms with van der Waals surface area (Å²) in [6.45, 7) is 5.75. The number of ether oxygens (including phenoxy) is 1. The van der Waals surface area contributed by atoms with Crippen LogP contribution in [0.25, 0.3) is 11.3 Å². The lowest BCUT2D eigenvalue weighted by molar-refractivity contribution is -0.744. The van der Waals surface area contributed by atoms with Crippen LogP contribution in [0.2, 0.25) is 0 Å². The molecule has 2 atom stereocenters. The maximum Gasteiger partial charge on any atom is 0.430 e. The van der Waals surface area contributed by atoms with Crippen LogP contribution >= 0.6 is 11.3 Å². The number of carbonyl (C=O) groups excluding carboxylic acids is 3. The van der Waals surface area contributed by atoms with E-state index in [9.17, 15) is 41.1 Å². The van der Waals surface area contributed by atoms with Crippen molar-refractivity contribution in [1.82, 2.24) is 14.7 Å². The fraction of sp³-hybridized carbons (Fsp3) is 0.433. The molecule has 0 radical (unpaired) electrons. The van der Waals surface area contributed by atoms with E-state index in [-0.39, 0.29) is 10.8 Å². The van der Waals surface area contributed by atoms with E-state index < -0.39 is 76.5 Å². The number of benzene rings is 1. The SMILES string of the molecule is Cc1cc(-c2ccc(OC[C@H](O/N=C(\C(=O)C[C@@H]3C(=O)N(OS(=O)(=O)O)C3(C)C)c3csc(N)n3)C(=O)O)cc2)[n+](C)n1CCCN.O=C([O-])C(F)(F)F. The minimum atomic E-state index is -5.19. The van der Waals surface area contributed by atoms with Crippen molar-refractivity contribution in [3.8, 4) is 17.0 Å². The van der Waals surface area contributed by atoms with Crippen LogP contribution in [-0.2, 0) is 52.3 Å². The normalized spacial score (nSPS) is 16.2. The summed E-state index contributed by atoms with van der Waals surface area (Å²) in [6.07, 6.45) is -6.50.